The fraction of sp³-hybridized carbons (Fsp3) is 0.278. The number of anilines is 1. The molecule has 0 saturated heterocycles. The Kier molecular flexibility index (Phi) is 2.92. The first-order valence-electron chi connectivity index (χ1n) is 7.70. The zero-order valence-electron chi connectivity index (χ0n) is 12.2. The van der Waals surface area contributed by atoms with E-state index in [2.05, 4.69) is 58.6 Å². The minimum atomic E-state index is 0.291. The van der Waals surface area contributed by atoms with E-state index in [1.54, 1.807) is 0 Å². The van der Waals surface area contributed by atoms with Crippen molar-refractivity contribution in [2.75, 3.05) is 5.32 Å². The molecular formula is C18H19N3. The molecule has 3 nitrogen and oxygen atoms in total. The van der Waals surface area contributed by atoms with Gasteiger partial charge in [-0.15, -0.1) is 0 Å². The largest absolute Gasteiger partial charge is 0.354 e. The predicted octanol–water partition coefficient (Wildman–Crippen LogP) is 5.01. The minimum absolute atomic E-state index is 0.291. The third-order valence-corrected chi connectivity index (χ3v) is 4.36. The predicted molar refractivity (Wildman–Crippen MR) is 90.2 cm³/mol. The molecule has 0 fully saturated rings. The number of benzene rings is 2. The molecule has 1 aliphatic rings. The molecule has 0 bridgehead atoms. The number of hydrogen-bond acceptors (Lipinski definition) is 2. The number of fused-ring (bicyclic) bond motifs is 5. The van der Waals surface area contributed by atoms with E-state index in [1.165, 1.54) is 45.9 Å². The highest BCUT2D eigenvalue weighted by atomic mass is 15.0. The molecule has 1 aromatic heterocycles. The summed E-state index contributed by atoms with van der Waals surface area (Å²) < 4.78 is 0. The van der Waals surface area contributed by atoms with Gasteiger partial charge in [0.25, 0.3) is 0 Å². The highest BCUT2D eigenvalue weighted by Crippen LogP contribution is 2.40. The summed E-state index contributed by atoms with van der Waals surface area (Å²) >= 11 is 0. The van der Waals surface area contributed by atoms with Crippen LogP contribution in [0.15, 0.2) is 41.4 Å². The fourth-order valence-electron chi connectivity index (χ4n) is 3.29. The van der Waals surface area contributed by atoms with Gasteiger partial charge in [-0.25, -0.2) is 0 Å². The van der Waals surface area contributed by atoms with Gasteiger partial charge in [-0.1, -0.05) is 44.0 Å². The molecule has 2 aromatic carbocycles. The van der Waals surface area contributed by atoms with Crippen molar-refractivity contribution in [2.24, 2.45) is 4.99 Å². The molecule has 0 amide bonds. The van der Waals surface area contributed by atoms with Crippen molar-refractivity contribution in [1.29, 1.82) is 0 Å². The third-order valence-electron chi connectivity index (χ3n) is 4.36. The lowest BCUT2D eigenvalue weighted by atomic mass is 9.96. The van der Waals surface area contributed by atoms with E-state index in [9.17, 15) is 0 Å². The monoisotopic (exact) mass is 277 g/mol. The molecule has 0 saturated carbocycles. The van der Waals surface area contributed by atoms with Crippen LogP contribution in [0, 0.1) is 0 Å². The maximum Gasteiger partial charge on any atom is 0.0875 e. The van der Waals surface area contributed by atoms with Crippen molar-refractivity contribution < 1.29 is 0 Å². The van der Waals surface area contributed by atoms with Crippen LogP contribution in [0.2, 0.25) is 0 Å². The van der Waals surface area contributed by atoms with Crippen molar-refractivity contribution in [1.82, 2.24) is 4.98 Å². The van der Waals surface area contributed by atoms with Crippen molar-refractivity contribution in [3.05, 3.63) is 42.0 Å². The van der Waals surface area contributed by atoms with Crippen LogP contribution < -0.4 is 5.32 Å². The van der Waals surface area contributed by atoms with Gasteiger partial charge in [-0.3, -0.25) is 4.99 Å². The molecule has 3 aromatic rings. The van der Waals surface area contributed by atoms with Gasteiger partial charge >= 0.3 is 0 Å². The lowest BCUT2D eigenvalue weighted by Gasteiger charge is -2.22. The van der Waals surface area contributed by atoms with Gasteiger partial charge in [0.1, 0.15) is 0 Å². The van der Waals surface area contributed by atoms with E-state index in [0.717, 1.165) is 6.42 Å². The molecular weight excluding hydrogens is 258 g/mol. The van der Waals surface area contributed by atoms with Gasteiger partial charge in [-0.05, 0) is 18.6 Å². The van der Waals surface area contributed by atoms with Crippen LogP contribution in [-0.2, 0) is 0 Å². The Morgan fingerprint density at radius 3 is 2.90 bits per heavy atom. The summed E-state index contributed by atoms with van der Waals surface area (Å²) in [5, 5.41) is 5.95. The van der Waals surface area contributed by atoms with Crippen LogP contribution in [0.4, 0.5) is 5.69 Å². The second-order valence-electron chi connectivity index (χ2n) is 5.70. The maximum absolute atomic E-state index is 4.63. The van der Waals surface area contributed by atoms with E-state index in [1.807, 2.05) is 6.34 Å². The fourth-order valence-corrected chi connectivity index (χ4v) is 3.29. The van der Waals surface area contributed by atoms with Crippen LogP contribution in [0.3, 0.4) is 0 Å². The summed E-state index contributed by atoms with van der Waals surface area (Å²) in [4.78, 5) is 8.13. The third kappa shape index (κ3) is 1.92. The molecule has 4 rings (SSSR count). The number of aromatic nitrogens is 1. The van der Waals surface area contributed by atoms with Crippen LogP contribution in [0.5, 0.6) is 0 Å². The van der Waals surface area contributed by atoms with E-state index in [4.69, 9.17) is 0 Å². The Morgan fingerprint density at radius 1 is 1.10 bits per heavy atom. The smallest absolute Gasteiger partial charge is 0.0875 e. The zero-order chi connectivity index (χ0) is 14.2. The zero-order valence-corrected chi connectivity index (χ0v) is 12.2. The summed E-state index contributed by atoms with van der Waals surface area (Å²) in [6.07, 6.45) is 5.41. The van der Waals surface area contributed by atoms with Gasteiger partial charge in [0.15, 0.2) is 0 Å². The average Bonchev–Trinajstić information content (AvgIpc) is 2.91. The number of aliphatic imine (C=N–C) groups is 1. The highest BCUT2D eigenvalue weighted by molar-refractivity contribution is 6.15. The first-order valence-corrected chi connectivity index (χ1v) is 7.70. The molecule has 1 atom stereocenters. The molecule has 21 heavy (non-hydrogen) atoms. The number of nitrogens with one attached hydrogen (secondary N) is 2. The average molecular weight is 277 g/mol. The van der Waals surface area contributed by atoms with Gasteiger partial charge in [-0.2, -0.15) is 0 Å². The summed E-state index contributed by atoms with van der Waals surface area (Å²) in [5.41, 5.74) is 4.92. The Morgan fingerprint density at radius 2 is 2.00 bits per heavy atom. The number of rotatable bonds is 3. The van der Waals surface area contributed by atoms with Crippen molar-refractivity contribution >= 4 is 33.8 Å². The van der Waals surface area contributed by atoms with E-state index < -0.39 is 0 Å². The topological polar surface area (TPSA) is 40.2 Å². The second-order valence-corrected chi connectivity index (χ2v) is 5.70. The lowest BCUT2D eigenvalue weighted by Crippen LogP contribution is -2.10. The summed E-state index contributed by atoms with van der Waals surface area (Å²) in [7, 11) is 0. The summed E-state index contributed by atoms with van der Waals surface area (Å²) in [5.74, 6) is 0. The van der Waals surface area contributed by atoms with Crippen LogP contribution in [-0.4, -0.2) is 11.3 Å². The van der Waals surface area contributed by atoms with Gasteiger partial charge in [0.2, 0.25) is 0 Å². The molecule has 106 valence electrons. The Hall–Kier alpha value is -2.29. The van der Waals surface area contributed by atoms with Crippen molar-refractivity contribution in [2.45, 2.75) is 32.2 Å². The number of para-hydroxylation sites is 1. The number of nitrogens with zero attached hydrogens (tertiary/aromatic N) is 1. The molecule has 0 radical (unpaired) electrons. The summed E-state index contributed by atoms with van der Waals surface area (Å²) in [6.45, 7) is 2.23. The van der Waals surface area contributed by atoms with Gasteiger partial charge in [0, 0.05) is 27.4 Å². The number of unbranched alkanes of at least 4 members (excludes halogenated alkanes) is 1. The first kappa shape index (κ1) is 12.5. The molecule has 1 unspecified atom stereocenters. The normalized spacial score (nSPS) is 17.1. The molecule has 2 heterocycles. The Bertz CT molecular complexity index is 829. The van der Waals surface area contributed by atoms with E-state index in [0.29, 0.717) is 6.04 Å². The molecule has 1 aliphatic heterocycles. The van der Waals surface area contributed by atoms with Crippen LogP contribution in [0.25, 0.3) is 21.8 Å². The minimum Gasteiger partial charge on any atom is -0.354 e. The number of aromatic amines is 1. The number of hydrogen-bond donors (Lipinski definition) is 2. The Balaban J connectivity index is 1.94. The standard InChI is InChI=1S/C18H19N3/c1-2-3-7-14-13-9-10-16-17(18(13)20-11-19-14)12-6-4-5-8-15(12)21-16/h4-6,8-11,14,21H,2-3,7H2,1H3,(H,19,20). The Labute approximate surface area is 124 Å². The molecule has 0 aliphatic carbocycles. The number of H-pyrrole nitrogens is 1. The van der Waals surface area contributed by atoms with Crippen LogP contribution in [0.1, 0.15) is 37.8 Å². The summed E-state index contributed by atoms with van der Waals surface area (Å²) in [6, 6.07) is 13.2. The van der Waals surface area contributed by atoms with Crippen molar-refractivity contribution in [3.63, 3.8) is 0 Å². The van der Waals surface area contributed by atoms with Crippen LogP contribution >= 0.6 is 0 Å². The highest BCUT2D eigenvalue weighted by Gasteiger charge is 2.20. The van der Waals surface area contributed by atoms with Crippen molar-refractivity contribution in [3.8, 4) is 0 Å². The van der Waals surface area contributed by atoms with E-state index >= 15 is 0 Å². The lowest BCUT2D eigenvalue weighted by molar-refractivity contribution is 0.606. The maximum atomic E-state index is 4.63. The second kappa shape index (κ2) is 4.92. The van der Waals surface area contributed by atoms with E-state index in [-0.39, 0.29) is 0 Å². The van der Waals surface area contributed by atoms with Gasteiger partial charge < -0.3 is 10.3 Å². The van der Waals surface area contributed by atoms with Gasteiger partial charge in [0.05, 0.1) is 18.1 Å². The molecule has 3 heteroatoms. The molecule has 0 spiro atoms. The SMILES string of the molecule is CCCCC1N=CNc2c1ccc1[nH]c3ccccc3c21. The first-order chi connectivity index (χ1) is 10.4. The quantitative estimate of drug-likeness (QED) is 0.694. The molecule has 2 N–H and O–H groups in total.